The molecule has 0 aromatic carbocycles. The summed E-state index contributed by atoms with van der Waals surface area (Å²) in [4.78, 5) is 10.6. The number of rotatable bonds is 1. The van der Waals surface area contributed by atoms with Gasteiger partial charge in [0.2, 0.25) is 0 Å². The minimum atomic E-state index is -0.190. The second-order valence-corrected chi connectivity index (χ2v) is 4.03. The summed E-state index contributed by atoms with van der Waals surface area (Å²) in [5.74, 6) is -0.190. The van der Waals surface area contributed by atoms with E-state index in [-0.39, 0.29) is 17.5 Å². The SMILES string of the molecule is CC(=O)O[C@H]1C=CC(C)(C)CC1. The van der Waals surface area contributed by atoms with Gasteiger partial charge >= 0.3 is 5.97 Å². The molecule has 0 aliphatic heterocycles. The predicted octanol–water partition coefficient (Wildman–Crippen LogP) is 2.29. The summed E-state index contributed by atoms with van der Waals surface area (Å²) in [6.45, 7) is 5.83. The minimum absolute atomic E-state index is 0.00975. The molecule has 1 rings (SSSR count). The number of hydrogen-bond donors (Lipinski definition) is 0. The lowest BCUT2D eigenvalue weighted by molar-refractivity contribution is -0.144. The molecule has 0 saturated heterocycles. The zero-order valence-corrected chi connectivity index (χ0v) is 7.96. The molecule has 0 aromatic rings. The molecule has 0 spiro atoms. The standard InChI is InChI=1S/C10H16O2/c1-8(11)12-9-4-6-10(2,3)7-5-9/h4,6,9H,5,7H2,1-3H3/t9-/m0/s1. The van der Waals surface area contributed by atoms with Gasteiger partial charge in [0.25, 0.3) is 0 Å². The van der Waals surface area contributed by atoms with Crippen molar-refractivity contribution in [2.45, 2.75) is 39.7 Å². The van der Waals surface area contributed by atoms with Gasteiger partial charge in [-0.25, -0.2) is 0 Å². The molecule has 0 bridgehead atoms. The van der Waals surface area contributed by atoms with Crippen molar-refractivity contribution in [3.8, 4) is 0 Å². The van der Waals surface area contributed by atoms with Crippen molar-refractivity contribution in [2.24, 2.45) is 5.41 Å². The van der Waals surface area contributed by atoms with Crippen molar-refractivity contribution in [1.29, 1.82) is 0 Å². The summed E-state index contributed by atoms with van der Waals surface area (Å²) in [5, 5.41) is 0. The van der Waals surface area contributed by atoms with Gasteiger partial charge in [0.1, 0.15) is 6.10 Å². The Bertz CT molecular complexity index is 204. The van der Waals surface area contributed by atoms with Crippen LogP contribution in [0.1, 0.15) is 33.6 Å². The molecule has 0 heterocycles. The molecule has 0 saturated carbocycles. The van der Waals surface area contributed by atoms with Crippen LogP contribution in [0.5, 0.6) is 0 Å². The van der Waals surface area contributed by atoms with Crippen LogP contribution in [0.15, 0.2) is 12.2 Å². The lowest BCUT2D eigenvalue weighted by atomic mass is 9.82. The van der Waals surface area contributed by atoms with Crippen molar-refractivity contribution in [2.75, 3.05) is 0 Å². The average Bonchev–Trinajstić information content (AvgIpc) is 1.93. The Morgan fingerprint density at radius 2 is 2.25 bits per heavy atom. The zero-order valence-electron chi connectivity index (χ0n) is 7.96. The number of carbonyl (C=O) groups is 1. The number of carbonyl (C=O) groups excluding carboxylic acids is 1. The maximum Gasteiger partial charge on any atom is 0.303 e. The molecule has 0 fully saturated rings. The lowest BCUT2D eigenvalue weighted by Crippen LogP contribution is -2.22. The Balaban J connectivity index is 2.48. The van der Waals surface area contributed by atoms with Crippen LogP contribution in [0, 0.1) is 5.41 Å². The van der Waals surface area contributed by atoms with E-state index in [2.05, 4.69) is 19.9 Å². The van der Waals surface area contributed by atoms with Gasteiger partial charge in [0.05, 0.1) is 0 Å². The van der Waals surface area contributed by atoms with Crippen LogP contribution in [0.2, 0.25) is 0 Å². The van der Waals surface area contributed by atoms with Gasteiger partial charge in [-0.3, -0.25) is 4.79 Å². The van der Waals surface area contributed by atoms with Crippen LogP contribution in [0.3, 0.4) is 0 Å². The predicted molar refractivity (Wildman–Crippen MR) is 47.7 cm³/mol. The first kappa shape index (κ1) is 9.30. The van der Waals surface area contributed by atoms with Crippen LogP contribution >= 0.6 is 0 Å². The molecule has 12 heavy (non-hydrogen) atoms. The third-order valence-corrected chi connectivity index (χ3v) is 2.15. The Hall–Kier alpha value is -0.790. The molecule has 1 aliphatic rings. The van der Waals surface area contributed by atoms with E-state index < -0.39 is 0 Å². The van der Waals surface area contributed by atoms with E-state index in [9.17, 15) is 4.79 Å². The first-order valence-corrected chi connectivity index (χ1v) is 4.36. The Morgan fingerprint density at radius 1 is 1.58 bits per heavy atom. The Morgan fingerprint density at radius 3 is 2.67 bits per heavy atom. The van der Waals surface area contributed by atoms with E-state index in [0.717, 1.165) is 12.8 Å². The largest absolute Gasteiger partial charge is 0.458 e. The first-order valence-electron chi connectivity index (χ1n) is 4.36. The smallest absolute Gasteiger partial charge is 0.303 e. The van der Waals surface area contributed by atoms with E-state index in [1.54, 1.807) is 0 Å². The third kappa shape index (κ3) is 2.68. The van der Waals surface area contributed by atoms with Gasteiger partial charge in [-0.15, -0.1) is 0 Å². The summed E-state index contributed by atoms with van der Waals surface area (Å²) in [6.07, 6.45) is 6.16. The number of ether oxygens (including phenoxy) is 1. The van der Waals surface area contributed by atoms with Crippen LogP contribution in [-0.2, 0) is 9.53 Å². The Kier molecular flexibility index (Phi) is 2.55. The van der Waals surface area contributed by atoms with Crippen LogP contribution in [-0.4, -0.2) is 12.1 Å². The highest BCUT2D eigenvalue weighted by Gasteiger charge is 2.22. The zero-order chi connectivity index (χ0) is 9.19. The molecule has 0 N–H and O–H groups in total. The van der Waals surface area contributed by atoms with E-state index in [4.69, 9.17) is 4.74 Å². The monoisotopic (exact) mass is 168 g/mol. The summed E-state index contributed by atoms with van der Waals surface area (Å²) in [6, 6.07) is 0. The summed E-state index contributed by atoms with van der Waals surface area (Å²) in [7, 11) is 0. The van der Waals surface area contributed by atoms with Gasteiger partial charge in [0, 0.05) is 6.92 Å². The van der Waals surface area contributed by atoms with Crippen molar-refractivity contribution < 1.29 is 9.53 Å². The molecule has 1 atom stereocenters. The van der Waals surface area contributed by atoms with Gasteiger partial charge in [-0.05, 0) is 24.3 Å². The van der Waals surface area contributed by atoms with Crippen molar-refractivity contribution >= 4 is 5.97 Å². The van der Waals surface area contributed by atoms with E-state index in [0.29, 0.717) is 0 Å². The fourth-order valence-corrected chi connectivity index (χ4v) is 1.37. The number of allylic oxidation sites excluding steroid dienone is 1. The average molecular weight is 168 g/mol. The topological polar surface area (TPSA) is 26.3 Å². The van der Waals surface area contributed by atoms with E-state index in [1.165, 1.54) is 6.92 Å². The summed E-state index contributed by atoms with van der Waals surface area (Å²) >= 11 is 0. The van der Waals surface area contributed by atoms with Crippen LogP contribution in [0.25, 0.3) is 0 Å². The highest BCUT2D eigenvalue weighted by atomic mass is 16.5. The van der Waals surface area contributed by atoms with Crippen LogP contribution < -0.4 is 0 Å². The molecule has 2 heteroatoms. The lowest BCUT2D eigenvalue weighted by Gasteiger charge is -2.27. The van der Waals surface area contributed by atoms with Crippen molar-refractivity contribution in [3.63, 3.8) is 0 Å². The first-order chi connectivity index (χ1) is 5.49. The summed E-state index contributed by atoms with van der Waals surface area (Å²) in [5.41, 5.74) is 0.274. The molecule has 1 aliphatic carbocycles. The van der Waals surface area contributed by atoms with Crippen molar-refractivity contribution in [1.82, 2.24) is 0 Å². The fraction of sp³-hybridized carbons (Fsp3) is 0.700. The fourth-order valence-electron chi connectivity index (χ4n) is 1.37. The quantitative estimate of drug-likeness (QED) is 0.443. The maximum atomic E-state index is 10.6. The third-order valence-electron chi connectivity index (χ3n) is 2.15. The van der Waals surface area contributed by atoms with Crippen LogP contribution in [0.4, 0.5) is 0 Å². The maximum absolute atomic E-state index is 10.6. The van der Waals surface area contributed by atoms with E-state index >= 15 is 0 Å². The number of esters is 1. The molecule has 68 valence electrons. The van der Waals surface area contributed by atoms with Gasteiger partial charge in [0.15, 0.2) is 0 Å². The van der Waals surface area contributed by atoms with Crippen molar-refractivity contribution in [3.05, 3.63) is 12.2 Å². The van der Waals surface area contributed by atoms with Gasteiger partial charge in [-0.2, -0.15) is 0 Å². The summed E-state index contributed by atoms with van der Waals surface area (Å²) < 4.78 is 5.06. The molecule has 0 unspecified atom stereocenters. The second kappa shape index (κ2) is 3.30. The molecule has 0 amide bonds. The second-order valence-electron chi connectivity index (χ2n) is 4.03. The highest BCUT2D eigenvalue weighted by Crippen LogP contribution is 2.30. The normalized spacial score (nSPS) is 26.8. The highest BCUT2D eigenvalue weighted by molar-refractivity contribution is 5.66. The number of hydrogen-bond acceptors (Lipinski definition) is 2. The van der Waals surface area contributed by atoms with E-state index in [1.807, 2.05) is 6.08 Å². The molecular weight excluding hydrogens is 152 g/mol. The minimum Gasteiger partial charge on any atom is -0.458 e. The Labute approximate surface area is 73.6 Å². The molecule has 0 radical (unpaired) electrons. The molecular formula is C10H16O2. The molecule has 0 aromatic heterocycles. The van der Waals surface area contributed by atoms with Gasteiger partial charge in [-0.1, -0.05) is 19.9 Å². The molecule has 2 nitrogen and oxygen atoms in total. The van der Waals surface area contributed by atoms with Gasteiger partial charge < -0.3 is 4.74 Å².